The number of hydrogen-bond acceptors (Lipinski definition) is 1. The van der Waals surface area contributed by atoms with Crippen molar-refractivity contribution < 1.29 is 4.79 Å². The van der Waals surface area contributed by atoms with Gasteiger partial charge in [0.1, 0.15) is 5.78 Å². The van der Waals surface area contributed by atoms with E-state index in [1.165, 1.54) is 0 Å². The van der Waals surface area contributed by atoms with Crippen LogP contribution in [0.4, 0.5) is 0 Å². The first-order valence-electron chi connectivity index (χ1n) is 4.02. The number of Topliss-reactive ketones (excluding diaryl/α,β-unsaturated/α-hetero) is 1. The Labute approximate surface area is 87.7 Å². The summed E-state index contributed by atoms with van der Waals surface area (Å²) in [6.45, 7) is 1.58. The minimum Gasteiger partial charge on any atom is -0.300 e. The predicted molar refractivity (Wildman–Crippen MR) is 55.5 cm³/mol. The fraction of sp³-hybridized carbons (Fsp3) is 0.300. The standard InChI is InChI=1S/C10H10Cl2O/c1-7(13)2-3-8-4-9(11)6-10(12)5-8/h4-6H,2-3H2,1H3. The molecule has 1 rings (SSSR count). The molecule has 13 heavy (non-hydrogen) atoms. The summed E-state index contributed by atoms with van der Waals surface area (Å²) in [5.74, 6) is 0.177. The smallest absolute Gasteiger partial charge is 0.130 e. The molecule has 70 valence electrons. The Morgan fingerprint density at radius 1 is 1.23 bits per heavy atom. The predicted octanol–water partition coefficient (Wildman–Crippen LogP) is 3.52. The molecular formula is C10H10Cl2O. The van der Waals surface area contributed by atoms with Crippen LogP contribution in [0.15, 0.2) is 18.2 Å². The normalized spacial score (nSPS) is 10.1. The summed E-state index contributed by atoms with van der Waals surface area (Å²) in [7, 11) is 0. The van der Waals surface area contributed by atoms with Crippen molar-refractivity contribution in [3.05, 3.63) is 33.8 Å². The lowest BCUT2D eigenvalue weighted by atomic mass is 10.1. The molecule has 0 saturated carbocycles. The summed E-state index contributed by atoms with van der Waals surface area (Å²) >= 11 is 11.6. The monoisotopic (exact) mass is 216 g/mol. The molecule has 0 aromatic heterocycles. The number of carbonyl (C=O) groups excluding carboxylic acids is 1. The Hall–Kier alpha value is -0.530. The highest BCUT2D eigenvalue weighted by Crippen LogP contribution is 2.19. The van der Waals surface area contributed by atoms with Crippen LogP contribution in [-0.2, 0) is 11.2 Å². The van der Waals surface area contributed by atoms with E-state index in [0.29, 0.717) is 22.9 Å². The molecule has 1 aromatic rings. The molecule has 0 heterocycles. The van der Waals surface area contributed by atoms with Gasteiger partial charge in [0.25, 0.3) is 0 Å². The molecule has 0 aliphatic heterocycles. The van der Waals surface area contributed by atoms with E-state index < -0.39 is 0 Å². The number of benzene rings is 1. The second-order valence-corrected chi connectivity index (χ2v) is 3.85. The fourth-order valence-electron chi connectivity index (χ4n) is 1.08. The first-order valence-corrected chi connectivity index (χ1v) is 4.78. The van der Waals surface area contributed by atoms with Crippen LogP contribution in [0.1, 0.15) is 18.9 Å². The van der Waals surface area contributed by atoms with E-state index in [2.05, 4.69) is 0 Å². The van der Waals surface area contributed by atoms with Gasteiger partial charge in [-0.05, 0) is 37.1 Å². The van der Waals surface area contributed by atoms with Crippen molar-refractivity contribution in [1.82, 2.24) is 0 Å². The molecule has 0 saturated heterocycles. The van der Waals surface area contributed by atoms with Crippen molar-refractivity contribution in [3.8, 4) is 0 Å². The highest BCUT2D eigenvalue weighted by atomic mass is 35.5. The van der Waals surface area contributed by atoms with Gasteiger partial charge in [-0.3, -0.25) is 0 Å². The number of carbonyl (C=O) groups is 1. The van der Waals surface area contributed by atoms with Crippen molar-refractivity contribution in [2.45, 2.75) is 19.8 Å². The molecule has 0 aliphatic carbocycles. The third kappa shape index (κ3) is 3.79. The van der Waals surface area contributed by atoms with Gasteiger partial charge in [-0.1, -0.05) is 23.2 Å². The van der Waals surface area contributed by atoms with E-state index in [-0.39, 0.29) is 5.78 Å². The van der Waals surface area contributed by atoms with E-state index in [1.54, 1.807) is 13.0 Å². The summed E-state index contributed by atoms with van der Waals surface area (Å²) in [4.78, 5) is 10.7. The molecule has 0 atom stereocenters. The molecular weight excluding hydrogens is 207 g/mol. The van der Waals surface area contributed by atoms with Crippen molar-refractivity contribution in [2.75, 3.05) is 0 Å². The van der Waals surface area contributed by atoms with E-state index >= 15 is 0 Å². The molecule has 0 aliphatic rings. The topological polar surface area (TPSA) is 17.1 Å². The van der Waals surface area contributed by atoms with Gasteiger partial charge in [0.05, 0.1) is 0 Å². The lowest BCUT2D eigenvalue weighted by Gasteiger charge is -2.00. The lowest BCUT2D eigenvalue weighted by molar-refractivity contribution is -0.116. The fourth-order valence-corrected chi connectivity index (χ4v) is 1.65. The zero-order chi connectivity index (χ0) is 9.84. The Kier molecular flexibility index (Phi) is 3.76. The van der Waals surface area contributed by atoms with Crippen LogP contribution >= 0.6 is 23.2 Å². The molecule has 0 radical (unpaired) electrons. The summed E-state index contributed by atoms with van der Waals surface area (Å²) in [6, 6.07) is 5.34. The van der Waals surface area contributed by atoms with Crippen LogP contribution in [0.2, 0.25) is 10.0 Å². The second kappa shape index (κ2) is 4.64. The van der Waals surface area contributed by atoms with Crippen LogP contribution in [0.25, 0.3) is 0 Å². The lowest BCUT2D eigenvalue weighted by Crippen LogP contribution is -1.93. The van der Waals surface area contributed by atoms with Crippen molar-refractivity contribution in [3.63, 3.8) is 0 Å². The van der Waals surface area contributed by atoms with Gasteiger partial charge in [0.2, 0.25) is 0 Å². The maximum absolute atomic E-state index is 10.7. The summed E-state index contributed by atoms with van der Waals surface area (Å²) in [5, 5.41) is 1.23. The third-order valence-electron chi connectivity index (χ3n) is 1.69. The van der Waals surface area contributed by atoms with Crippen molar-refractivity contribution in [2.24, 2.45) is 0 Å². The van der Waals surface area contributed by atoms with E-state index in [1.807, 2.05) is 12.1 Å². The maximum Gasteiger partial charge on any atom is 0.130 e. The molecule has 0 fully saturated rings. The molecule has 0 unspecified atom stereocenters. The van der Waals surface area contributed by atoms with Gasteiger partial charge < -0.3 is 4.79 Å². The number of ketones is 1. The van der Waals surface area contributed by atoms with Gasteiger partial charge in [-0.25, -0.2) is 0 Å². The van der Waals surface area contributed by atoms with Crippen LogP contribution in [-0.4, -0.2) is 5.78 Å². The molecule has 0 bridgehead atoms. The Balaban J connectivity index is 2.71. The van der Waals surface area contributed by atoms with Crippen molar-refractivity contribution in [1.29, 1.82) is 0 Å². The average molecular weight is 217 g/mol. The first kappa shape index (κ1) is 10.6. The molecule has 0 N–H and O–H groups in total. The molecule has 3 heteroatoms. The SMILES string of the molecule is CC(=O)CCc1cc(Cl)cc(Cl)c1. The zero-order valence-electron chi connectivity index (χ0n) is 7.31. The molecule has 0 spiro atoms. The van der Waals surface area contributed by atoms with Crippen LogP contribution < -0.4 is 0 Å². The van der Waals surface area contributed by atoms with Crippen LogP contribution in [0.3, 0.4) is 0 Å². The number of rotatable bonds is 3. The summed E-state index contributed by atoms with van der Waals surface area (Å²) in [5.41, 5.74) is 1.01. The van der Waals surface area contributed by atoms with Crippen molar-refractivity contribution >= 4 is 29.0 Å². The highest BCUT2D eigenvalue weighted by molar-refractivity contribution is 6.34. The molecule has 1 nitrogen and oxygen atoms in total. The Morgan fingerprint density at radius 2 is 1.77 bits per heavy atom. The van der Waals surface area contributed by atoms with Gasteiger partial charge >= 0.3 is 0 Å². The minimum atomic E-state index is 0.177. The average Bonchev–Trinajstić information content (AvgIpc) is 1.99. The maximum atomic E-state index is 10.7. The quantitative estimate of drug-likeness (QED) is 0.756. The van der Waals surface area contributed by atoms with Gasteiger partial charge in [-0.2, -0.15) is 0 Å². The number of hydrogen-bond donors (Lipinski definition) is 0. The van der Waals surface area contributed by atoms with Crippen LogP contribution in [0, 0.1) is 0 Å². The number of aryl methyl sites for hydroxylation is 1. The van der Waals surface area contributed by atoms with Gasteiger partial charge in [-0.15, -0.1) is 0 Å². The van der Waals surface area contributed by atoms with E-state index in [9.17, 15) is 4.79 Å². The summed E-state index contributed by atoms with van der Waals surface area (Å²) in [6.07, 6.45) is 1.24. The Morgan fingerprint density at radius 3 is 2.23 bits per heavy atom. The van der Waals surface area contributed by atoms with E-state index in [4.69, 9.17) is 23.2 Å². The van der Waals surface area contributed by atoms with Crippen LogP contribution in [0.5, 0.6) is 0 Å². The summed E-state index contributed by atoms with van der Waals surface area (Å²) < 4.78 is 0. The van der Waals surface area contributed by atoms with E-state index in [0.717, 1.165) is 5.56 Å². The highest BCUT2D eigenvalue weighted by Gasteiger charge is 1.99. The minimum absolute atomic E-state index is 0.177. The molecule has 0 amide bonds. The van der Waals surface area contributed by atoms with Gasteiger partial charge in [0.15, 0.2) is 0 Å². The Bertz CT molecular complexity index is 300. The largest absolute Gasteiger partial charge is 0.300 e. The zero-order valence-corrected chi connectivity index (χ0v) is 8.82. The molecule has 1 aromatic carbocycles. The van der Waals surface area contributed by atoms with Gasteiger partial charge in [0, 0.05) is 16.5 Å². The third-order valence-corrected chi connectivity index (χ3v) is 2.12. The second-order valence-electron chi connectivity index (χ2n) is 2.98. The first-order chi connectivity index (χ1) is 6.08. The number of halogens is 2.